The predicted molar refractivity (Wildman–Crippen MR) is 131 cm³/mol. The third-order valence-corrected chi connectivity index (χ3v) is 9.23. The van der Waals surface area contributed by atoms with Crippen LogP contribution in [0.2, 0.25) is 0 Å². The van der Waals surface area contributed by atoms with Crippen LogP contribution in [0.1, 0.15) is 64.7 Å². The number of ether oxygens (including phenoxy) is 2. The second kappa shape index (κ2) is 11.2. The molecule has 11 heteroatoms. The van der Waals surface area contributed by atoms with E-state index in [1.165, 1.54) is 13.4 Å². The van der Waals surface area contributed by atoms with Crippen LogP contribution in [0.5, 0.6) is 0 Å². The van der Waals surface area contributed by atoms with E-state index in [1.807, 2.05) is 16.7 Å². The van der Waals surface area contributed by atoms with Gasteiger partial charge in [-0.05, 0) is 83.1 Å². The van der Waals surface area contributed by atoms with Gasteiger partial charge in [0.25, 0.3) is 0 Å². The summed E-state index contributed by atoms with van der Waals surface area (Å²) in [5.74, 6) is 0.940. The molecule has 10 nitrogen and oxygen atoms in total. The van der Waals surface area contributed by atoms with Gasteiger partial charge < -0.3 is 19.7 Å². The first-order valence-corrected chi connectivity index (χ1v) is 15.1. The zero-order valence-corrected chi connectivity index (χ0v) is 22.1. The monoisotopic (exact) mass is 514 g/mol. The molecule has 0 aromatic carbocycles. The van der Waals surface area contributed by atoms with Crippen molar-refractivity contribution in [2.45, 2.75) is 95.0 Å². The number of sulfonamides is 1. The smallest absolute Gasteiger partial charge is 0.410 e. The van der Waals surface area contributed by atoms with E-state index in [4.69, 9.17) is 9.47 Å². The zero-order valence-electron chi connectivity index (χ0n) is 21.3. The molecular formula is C24H42N4O6S. The average molecular weight is 515 g/mol. The standard InChI is InChI=1S/C24H42N4O6S/c1-16-15-27(23(29)34-20-5-4-12-25-14-20)22-13-18(8-11-21(22)28(16)24(30)33-2)17-6-9-19(10-7-17)26-35(3,31)32/h16-22,25-26H,4-15H2,1-3H3/t16-,17?,18?,19?,20?,21?,22?/m0/s1. The summed E-state index contributed by atoms with van der Waals surface area (Å²) in [5.41, 5.74) is 0. The van der Waals surface area contributed by atoms with Crippen molar-refractivity contribution in [1.29, 1.82) is 0 Å². The Morgan fingerprint density at radius 3 is 2.31 bits per heavy atom. The number of nitrogens with one attached hydrogen (secondary N) is 2. The number of nitrogens with zero attached hydrogens (tertiary/aromatic N) is 2. The molecule has 0 aromatic rings. The molecule has 2 aliphatic heterocycles. The van der Waals surface area contributed by atoms with Crippen LogP contribution in [0.25, 0.3) is 0 Å². The molecule has 200 valence electrons. The summed E-state index contributed by atoms with van der Waals surface area (Å²) in [6.07, 6.45) is 8.66. The van der Waals surface area contributed by atoms with Gasteiger partial charge in [-0.2, -0.15) is 0 Å². The van der Waals surface area contributed by atoms with Gasteiger partial charge >= 0.3 is 12.2 Å². The molecule has 2 saturated heterocycles. The third-order valence-electron chi connectivity index (χ3n) is 8.47. The van der Waals surface area contributed by atoms with Crippen LogP contribution >= 0.6 is 0 Å². The van der Waals surface area contributed by atoms with Crippen molar-refractivity contribution >= 4 is 22.2 Å². The maximum atomic E-state index is 13.3. The third kappa shape index (κ3) is 6.40. The summed E-state index contributed by atoms with van der Waals surface area (Å²) in [5, 5.41) is 3.30. The van der Waals surface area contributed by atoms with Crippen LogP contribution < -0.4 is 10.0 Å². The fourth-order valence-corrected chi connectivity index (χ4v) is 7.70. The molecule has 0 spiro atoms. The molecule has 0 bridgehead atoms. The number of fused-ring (bicyclic) bond motifs is 1. The Balaban J connectivity index is 1.45. The normalized spacial score (nSPS) is 36.3. The molecule has 2 aliphatic carbocycles. The highest BCUT2D eigenvalue weighted by Gasteiger charge is 2.49. The van der Waals surface area contributed by atoms with Gasteiger partial charge in [-0.3, -0.25) is 4.90 Å². The Morgan fingerprint density at radius 2 is 1.69 bits per heavy atom. The van der Waals surface area contributed by atoms with Crippen molar-refractivity contribution in [2.75, 3.05) is 33.0 Å². The predicted octanol–water partition coefficient (Wildman–Crippen LogP) is 2.29. The van der Waals surface area contributed by atoms with E-state index in [2.05, 4.69) is 10.0 Å². The second-order valence-electron chi connectivity index (χ2n) is 10.9. The summed E-state index contributed by atoms with van der Waals surface area (Å²) in [7, 11) is -1.78. The molecular weight excluding hydrogens is 472 g/mol. The summed E-state index contributed by atoms with van der Waals surface area (Å²) in [6, 6.07) is -0.309. The van der Waals surface area contributed by atoms with Crippen molar-refractivity contribution < 1.29 is 27.5 Å². The molecule has 2 amide bonds. The van der Waals surface area contributed by atoms with E-state index in [0.29, 0.717) is 24.9 Å². The van der Waals surface area contributed by atoms with Crippen LogP contribution in [0.3, 0.4) is 0 Å². The summed E-state index contributed by atoms with van der Waals surface area (Å²) >= 11 is 0. The molecule has 2 saturated carbocycles. The number of hydrogen-bond donors (Lipinski definition) is 2. The van der Waals surface area contributed by atoms with E-state index in [9.17, 15) is 18.0 Å². The number of piperazine rings is 1. The maximum Gasteiger partial charge on any atom is 0.410 e. The minimum Gasteiger partial charge on any atom is -0.453 e. The Morgan fingerprint density at radius 1 is 0.971 bits per heavy atom. The van der Waals surface area contributed by atoms with Crippen LogP contribution in [-0.4, -0.2) is 93.7 Å². The van der Waals surface area contributed by atoms with E-state index in [-0.39, 0.29) is 42.5 Å². The van der Waals surface area contributed by atoms with Gasteiger partial charge in [-0.1, -0.05) is 0 Å². The number of carbonyl (C=O) groups excluding carboxylic acids is 2. The minimum atomic E-state index is -3.20. The van der Waals surface area contributed by atoms with Crippen LogP contribution in [0.15, 0.2) is 0 Å². The van der Waals surface area contributed by atoms with Crippen LogP contribution in [0, 0.1) is 11.8 Å². The number of piperidine rings is 1. The first-order chi connectivity index (χ1) is 16.7. The lowest BCUT2D eigenvalue weighted by Crippen LogP contribution is -2.67. The fraction of sp³-hybridized carbons (Fsp3) is 0.917. The Hall–Kier alpha value is -1.59. The number of methoxy groups -OCH3 is 1. The van der Waals surface area contributed by atoms with Gasteiger partial charge in [0.15, 0.2) is 0 Å². The molecule has 35 heavy (non-hydrogen) atoms. The summed E-state index contributed by atoms with van der Waals surface area (Å²) in [4.78, 5) is 29.7. The summed E-state index contributed by atoms with van der Waals surface area (Å²) < 4.78 is 37.0. The lowest BCUT2D eigenvalue weighted by molar-refractivity contribution is -0.0504. The van der Waals surface area contributed by atoms with Crippen molar-refractivity contribution in [3.8, 4) is 0 Å². The van der Waals surface area contributed by atoms with E-state index >= 15 is 0 Å². The van der Waals surface area contributed by atoms with Gasteiger partial charge in [-0.25, -0.2) is 22.7 Å². The molecule has 4 unspecified atom stereocenters. The average Bonchev–Trinajstić information content (AvgIpc) is 2.83. The topological polar surface area (TPSA) is 117 Å². The van der Waals surface area contributed by atoms with Gasteiger partial charge in [0.1, 0.15) is 6.10 Å². The lowest BCUT2D eigenvalue weighted by atomic mass is 9.69. The zero-order chi connectivity index (χ0) is 25.2. The highest BCUT2D eigenvalue weighted by molar-refractivity contribution is 7.88. The number of rotatable bonds is 4. The van der Waals surface area contributed by atoms with Gasteiger partial charge in [0.05, 0.1) is 31.5 Å². The minimum absolute atomic E-state index is 0.0125. The van der Waals surface area contributed by atoms with E-state index < -0.39 is 10.0 Å². The van der Waals surface area contributed by atoms with E-state index in [1.54, 1.807) is 0 Å². The molecule has 2 heterocycles. The first-order valence-electron chi connectivity index (χ1n) is 13.2. The highest BCUT2D eigenvalue weighted by Crippen LogP contribution is 2.43. The fourth-order valence-electron chi connectivity index (χ4n) is 6.86. The van der Waals surface area contributed by atoms with Crippen molar-refractivity contribution in [3.63, 3.8) is 0 Å². The molecule has 0 radical (unpaired) electrons. The quantitative estimate of drug-likeness (QED) is 0.591. The Bertz CT molecular complexity index is 856. The van der Waals surface area contributed by atoms with Gasteiger partial charge in [-0.15, -0.1) is 0 Å². The van der Waals surface area contributed by atoms with Crippen LogP contribution in [-0.2, 0) is 19.5 Å². The molecule has 4 aliphatic rings. The number of amides is 2. The maximum absolute atomic E-state index is 13.3. The number of hydrogen-bond acceptors (Lipinski definition) is 7. The largest absolute Gasteiger partial charge is 0.453 e. The van der Waals surface area contributed by atoms with Gasteiger partial charge in [0, 0.05) is 19.1 Å². The van der Waals surface area contributed by atoms with Crippen molar-refractivity contribution in [1.82, 2.24) is 19.8 Å². The SMILES string of the molecule is COC(=O)N1C2CCC(C3CCC(NS(C)(=O)=O)CC3)CC2N(C(=O)OC2CCCNC2)C[C@@H]1C. The molecule has 0 aromatic heterocycles. The van der Waals surface area contributed by atoms with Crippen molar-refractivity contribution in [3.05, 3.63) is 0 Å². The first kappa shape index (κ1) is 26.5. The van der Waals surface area contributed by atoms with E-state index in [0.717, 1.165) is 64.3 Å². The summed E-state index contributed by atoms with van der Waals surface area (Å²) in [6.45, 7) is 4.05. The Kier molecular flexibility index (Phi) is 8.48. The number of carbonyl (C=O) groups is 2. The lowest BCUT2D eigenvalue weighted by Gasteiger charge is -2.54. The molecule has 4 rings (SSSR count). The molecule has 2 N–H and O–H groups in total. The van der Waals surface area contributed by atoms with Crippen LogP contribution in [0.4, 0.5) is 9.59 Å². The highest BCUT2D eigenvalue weighted by atomic mass is 32.2. The Labute approximate surface area is 209 Å². The van der Waals surface area contributed by atoms with Crippen molar-refractivity contribution in [2.24, 2.45) is 11.8 Å². The molecule has 5 atom stereocenters. The second-order valence-corrected chi connectivity index (χ2v) is 12.7. The molecule has 4 fully saturated rings. The van der Waals surface area contributed by atoms with Gasteiger partial charge in [0.2, 0.25) is 10.0 Å².